The van der Waals surface area contributed by atoms with Crippen LogP contribution in [-0.2, 0) is 9.59 Å². The highest BCUT2D eigenvalue weighted by Gasteiger charge is 2.22. The number of likely N-dealkylation sites (N-methyl/N-ethyl adjacent to an activating group) is 1. The average Bonchev–Trinajstić information content (AvgIpc) is 2.04. The van der Waals surface area contributed by atoms with Crippen molar-refractivity contribution in [3.63, 3.8) is 0 Å². The maximum Gasteiger partial charge on any atom is 0.239 e. The lowest BCUT2D eigenvalue weighted by Gasteiger charge is -2.31. The van der Waals surface area contributed by atoms with Crippen molar-refractivity contribution in [3.05, 3.63) is 0 Å². The van der Waals surface area contributed by atoms with Crippen molar-refractivity contribution >= 4 is 12.3 Å². The predicted molar refractivity (Wildman–Crippen MR) is 38.6 cm³/mol. The van der Waals surface area contributed by atoms with E-state index >= 15 is 0 Å². The van der Waals surface area contributed by atoms with E-state index in [4.69, 9.17) is 0 Å². The average molecular weight is 157 g/mol. The van der Waals surface area contributed by atoms with Crippen LogP contribution < -0.4 is 10.6 Å². The maximum atomic E-state index is 10.8. The van der Waals surface area contributed by atoms with Crippen molar-refractivity contribution in [1.82, 2.24) is 15.5 Å². The van der Waals surface area contributed by atoms with Crippen molar-refractivity contribution in [2.45, 2.75) is 6.17 Å². The molecule has 5 heteroatoms. The van der Waals surface area contributed by atoms with Crippen LogP contribution in [0.2, 0.25) is 0 Å². The van der Waals surface area contributed by atoms with E-state index in [0.29, 0.717) is 13.0 Å². The van der Waals surface area contributed by atoms with Gasteiger partial charge in [0.25, 0.3) is 0 Å². The van der Waals surface area contributed by atoms with Crippen molar-refractivity contribution in [2.24, 2.45) is 0 Å². The number of carbonyl (C=O) groups is 2. The third-order valence-corrected chi connectivity index (χ3v) is 1.69. The van der Waals surface area contributed by atoms with Gasteiger partial charge in [-0.2, -0.15) is 0 Å². The van der Waals surface area contributed by atoms with Crippen molar-refractivity contribution in [1.29, 1.82) is 0 Å². The molecule has 0 aromatic heterocycles. The topological polar surface area (TPSA) is 61.4 Å². The van der Waals surface area contributed by atoms with Gasteiger partial charge in [-0.3, -0.25) is 14.9 Å². The van der Waals surface area contributed by atoms with Crippen molar-refractivity contribution < 1.29 is 9.59 Å². The number of carbonyl (C=O) groups excluding carboxylic acids is 2. The fraction of sp³-hybridized carbons (Fsp3) is 0.667. The van der Waals surface area contributed by atoms with Crippen LogP contribution in [0.25, 0.3) is 0 Å². The molecule has 0 spiro atoms. The van der Waals surface area contributed by atoms with Crippen molar-refractivity contribution in [3.8, 4) is 0 Å². The molecule has 62 valence electrons. The molecule has 1 fully saturated rings. The Morgan fingerprint density at radius 3 is 3.09 bits per heavy atom. The highest BCUT2D eigenvalue weighted by Crippen LogP contribution is 1.95. The molecule has 1 rings (SSSR count). The van der Waals surface area contributed by atoms with E-state index in [1.54, 1.807) is 7.05 Å². The van der Waals surface area contributed by atoms with Crippen LogP contribution in [0.5, 0.6) is 0 Å². The zero-order valence-corrected chi connectivity index (χ0v) is 6.33. The van der Waals surface area contributed by atoms with Gasteiger partial charge < -0.3 is 10.2 Å². The molecule has 0 saturated carbocycles. The van der Waals surface area contributed by atoms with Gasteiger partial charge in [0.15, 0.2) is 0 Å². The fourth-order valence-electron chi connectivity index (χ4n) is 1.04. The summed E-state index contributed by atoms with van der Waals surface area (Å²) < 4.78 is 0. The van der Waals surface area contributed by atoms with Crippen LogP contribution in [0.4, 0.5) is 0 Å². The number of hydrogen-bond acceptors (Lipinski definition) is 3. The van der Waals surface area contributed by atoms with E-state index in [-0.39, 0.29) is 18.6 Å². The van der Waals surface area contributed by atoms with Gasteiger partial charge in [-0.15, -0.1) is 0 Å². The van der Waals surface area contributed by atoms with Gasteiger partial charge in [0.2, 0.25) is 12.3 Å². The van der Waals surface area contributed by atoms with Gasteiger partial charge in [-0.05, 0) is 7.05 Å². The highest BCUT2D eigenvalue weighted by molar-refractivity contribution is 5.81. The molecule has 2 amide bonds. The minimum atomic E-state index is -0.108. The Morgan fingerprint density at radius 1 is 1.82 bits per heavy atom. The molecule has 1 saturated heterocycles. The minimum absolute atomic E-state index is 0.0646. The Balaban J connectivity index is 2.54. The molecular formula is C6H11N3O2. The highest BCUT2D eigenvalue weighted by atomic mass is 16.2. The zero-order chi connectivity index (χ0) is 8.27. The SMILES string of the molecule is CNC1CNC(=O)CN1C=O. The third kappa shape index (κ3) is 1.68. The van der Waals surface area contributed by atoms with Crippen molar-refractivity contribution in [2.75, 3.05) is 20.1 Å². The number of nitrogens with zero attached hydrogens (tertiary/aromatic N) is 1. The molecule has 1 aliphatic heterocycles. The smallest absolute Gasteiger partial charge is 0.239 e. The zero-order valence-electron chi connectivity index (χ0n) is 6.33. The summed E-state index contributed by atoms with van der Waals surface area (Å²) in [4.78, 5) is 22.6. The molecule has 11 heavy (non-hydrogen) atoms. The predicted octanol–water partition coefficient (Wildman–Crippen LogP) is -1.88. The molecule has 1 atom stereocenters. The summed E-state index contributed by atoms with van der Waals surface area (Å²) in [7, 11) is 1.75. The number of nitrogens with one attached hydrogen (secondary N) is 2. The first kappa shape index (κ1) is 8.00. The second-order valence-corrected chi connectivity index (χ2v) is 2.39. The van der Waals surface area contributed by atoms with Crippen LogP contribution >= 0.6 is 0 Å². The van der Waals surface area contributed by atoms with Crippen LogP contribution in [0, 0.1) is 0 Å². The van der Waals surface area contributed by atoms with Crippen LogP contribution in [0.3, 0.4) is 0 Å². The standard InChI is InChI=1S/C6H11N3O2/c1-7-5-2-8-6(11)3-9(5)4-10/h4-5,7H,2-3H2,1H3,(H,8,11). The Kier molecular flexibility index (Phi) is 2.43. The van der Waals surface area contributed by atoms with Gasteiger partial charge >= 0.3 is 0 Å². The molecule has 5 nitrogen and oxygen atoms in total. The Bertz CT molecular complexity index is 171. The molecule has 0 aromatic carbocycles. The summed E-state index contributed by atoms with van der Waals surface area (Å²) >= 11 is 0. The molecule has 1 unspecified atom stereocenters. The van der Waals surface area contributed by atoms with Crippen LogP contribution in [0.15, 0.2) is 0 Å². The van der Waals surface area contributed by atoms with E-state index in [9.17, 15) is 9.59 Å². The largest absolute Gasteiger partial charge is 0.351 e. The van der Waals surface area contributed by atoms with Gasteiger partial charge in [0.05, 0.1) is 12.7 Å². The lowest BCUT2D eigenvalue weighted by molar-refractivity contribution is -0.133. The summed E-state index contributed by atoms with van der Waals surface area (Å²) in [6.07, 6.45) is 0.616. The first-order valence-corrected chi connectivity index (χ1v) is 3.43. The summed E-state index contributed by atoms with van der Waals surface area (Å²) in [5.74, 6) is -0.108. The molecule has 0 aliphatic carbocycles. The lowest BCUT2D eigenvalue weighted by atomic mass is 10.3. The van der Waals surface area contributed by atoms with Gasteiger partial charge in [-0.1, -0.05) is 0 Å². The Morgan fingerprint density at radius 2 is 2.55 bits per heavy atom. The monoisotopic (exact) mass is 157 g/mol. The summed E-state index contributed by atoms with van der Waals surface area (Å²) in [6, 6.07) is 0. The van der Waals surface area contributed by atoms with Gasteiger partial charge in [0, 0.05) is 0 Å². The molecule has 0 aromatic rings. The first-order chi connectivity index (χ1) is 5.27. The van der Waals surface area contributed by atoms with Gasteiger partial charge in [0.1, 0.15) is 6.54 Å². The molecule has 2 N–H and O–H groups in total. The summed E-state index contributed by atoms with van der Waals surface area (Å²) in [5, 5.41) is 5.55. The second-order valence-electron chi connectivity index (χ2n) is 2.39. The molecule has 1 heterocycles. The fourth-order valence-corrected chi connectivity index (χ4v) is 1.04. The number of amides is 2. The van der Waals surface area contributed by atoms with Gasteiger partial charge in [-0.25, -0.2) is 0 Å². The van der Waals surface area contributed by atoms with E-state index in [1.165, 1.54) is 4.90 Å². The van der Waals surface area contributed by atoms with E-state index in [2.05, 4.69) is 10.6 Å². The molecule has 1 aliphatic rings. The van der Waals surface area contributed by atoms with E-state index in [0.717, 1.165) is 0 Å². The lowest BCUT2D eigenvalue weighted by Crippen LogP contribution is -2.58. The maximum absolute atomic E-state index is 10.8. The number of piperazine rings is 1. The molecule has 0 radical (unpaired) electrons. The summed E-state index contributed by atoms with van der Waals surface area (Å²) in [5.41, 5.74) is 0. The number of rotatable bonds is 2. The number of hydrogen-bond donors (Lipinski definition) is 2. The van der Waals surface area contributed by atoms with E-state index in [1.807, 2.05) is 0 Å². The molecular weight excluding hydrogens is 146 g/mol. The first-order valence-electron chi connectivity index (χ1n) is 3.43. The quantitative estimate of drug-likeness (QED) is 0.461. The molecule has 0 bridgehead atoms. The van der Waals surface area contributed by atoms with E-state index < -0.39 is 0 Å². The second kappa shape index (κ2) is 3.34. The van der Waals surface area contributed by atoms with Crippen LogP contribution in [0.1, 0.15) is 0 Å². The normalized spacial score (nSPS) is 24.6. The van der Waals surface area contributed by atoms with Crippen LogP contribution in [-0.4, -0.2) is 43.5 Å². The Labute approximate surface area is 64.7 Å². The third-order valence-electron chi connectivity index (χ3n) is 1.69. The minimum Gasteiger partial charge on any atom is -0.351 e. The summed E-state index contributed by atoms with van der Waals surface area (Å²) in [6.45, 7) is 0.628. The Hall–Kier alpha value is -1.10.